The number of nitrogens with zero attached hydrogens (tertiary/aromatic N) is 1. The first-order valence-electron chi connectivity index (χ1n) is 9.46. The molecule has 0 bridgehead atoms. The first-order valence-corrected chi connectivity index (χ1v) is 9.46. The van der Waals surface area contributed by atoms with Gasteiger partial charge in [0.15, 0.2) is 0 Å². The standard InChI is InChI=1S/C22H28N2O4/c1-15-7-10-20(27-3)18(12-15)23-22(25)14-24-11-5-6-19(24)17-9-8-16(26-2)13-21(17)28-4/h7-10,12-13,19H,5-6,11,14H2,1-4H3,(H,23,25)/t19-/m1/s1. The van der Waals surface area contributed by atoms with Gasteiger partial charge in [0.05, 0.1) is 33.6 Å². The topological polar surface area (TPSA) is 60.0 Å². The Labute approximate surface area is 166 Å². The predicted molar refractivity (Wildman–Crippen MR) is 109 cm³/mol. The Morgan fingerprint density at radius 1 is 1.07 bits per heavy atom. The van der Waals surface area contributed by atoms with Gasteiger partial charge in [-0.25, -0.2) is 0 Å². The van der Waals surface area contributed by atoms with Crippen molar-refractivity contribution in [2.24, 2.45) is 0 Å². The second kappa shape index (κ2) is 8.97. The van der Waals surface area contributed by atoms with Crippen LogP contribution in [0.5, 0.6) is 17.2 Å². The van der Waals surface area contributed by atoms with E-state index in [9.17, 15) is 4.79 Å². The van der Waals surface area contributed by atoms with E-state index in [1.54, 1.807) is 21.3 Å². The van der Waals surface area contributed by atoms with Gasteiger partial charge in [-0.15, -0.1) is 0 Å². The van der Waals surface area contributed by atoms with Gasteiger partial charge >= 0.3 is 0 Å². The summed E-state index contributed by atoms with van der Waals surface area (Å²) in [4.78, 5) is 14.9. The molecule has 1 heterocycles. The molecule has 2 aromatic rings. The summed E-state index contributed by atoms with van der Waals surface area (Å²) in [5.74, 6) is 2.16. The molecule has 6 heteroatoms. The molecule has 2 aromatic carbocycles. The van der Waals surface area contributed by atoms with Crippen LogP contribution in [0.1, 0.15) is 30.0 Å². The molecule has 3 rings (SSSR count). The Hall–Kier alpha value is -2.73. The summed E-state index contributed by atoms with van der Waals surface area (Å²) in [6.45, 7) is 3.18. The molecule has 0 unspecified atom stereocenters. The van der Waals surface area contributed by atoms with Crippen LogP contribution in [0.4, 0.5) is 5.69 Å². The van der Waals surface area contributed by atoms with Crippen LogP contribution >= 0.6 is 0 Å². The quantitative estimate of drug-likeness (QED) is 0.787. The number of rotatable bonds is 7. The number of carbonyl (C=O) groups is 1. The highest BCUT2D eigenvalue weighted by atomic mass is 16.5. The van der Waals surface area contributed by atoms with E-state index in [1.807, 2.05) is 43.3 Å². The number of nitrogens with one attached hydrogen (secondary N) is 1. The average Bonchev–Trinajstić information content (AvgIpc) is 3.15. The first kappa shape index (κ1) is 20.0. The lowest BCUT2D eigenvalue weighted by Crippen LogP contribution is -2.33. The normalized spacial score (nSPS) is 16.6. The number of ether oxygens (including phenoxy) is 3. The van der Waals surface area contributed by atoms with Crippen molar-refractivity contribution < 1.29 is 19.0 Å². The highest BCUT2D eigenvalue weighted by molar-refractivity contribution is 5.93. The fourth-order valence-electron chi connectivity index (χ4n) is 3.76. The molecule has 0 saturated carbocycles. The molecular formula is C22H28N2O4. The maximum Gasteiger partial charge on any atom is 0.238 e. The molecule has 0 spiro atoms. The van der Waals surface area contributed by atoms with Crippen LogP contribution in [-0.4, -0.2) is 45.2 Å². The van der Waals surface area contributed by atoms with Gasteiger partial charge in [-0.05, 0) is 50.1 Å². The van der Waals surface area contributed by atoms with Gasteiger partial charge in [0.2, 0.25) is 5.91 Å². The number of anilines is 1. The second-order valence-electron chi connectivity index (χ2n) is 6.99. The molecule has 28 heavy (non-hydrogen) atoms. The second-order valence-corrected chi connectivity index (χ2v) is 6.99. The number of hydrogen-bond acceptors (Lipinski definition) is 5. The fourth-order valence-corrected chi connectivity index (χ4v) is 3.76. The largest absolute Gasteiger partial charge is 0.497 e. The van der Waals surface area contributed by atoms with Crippen LogP contribution < -0.4 is 19.5 Å². The van der Waals surface area contributed by atoms with E-state index in [2.05, 4.69) is 10.2 Å². The van der Waals surface area contributed by atoms with Crippen molar-refractivity contribution in [3.05, 3.63) is 47.5 Å². The summed E-state index contributed by atoms with van der Waals surface area (Å²) < 4.78 is 16.2. The Bertz CT molecular complexity index is 837. The SMILES string of the molecule is COc1ccc([C@H]2CCCN2CC(=O)Nc2cc(C)ccc2OC)c(OC)c1. The smallest absolute Gasteiger partial charge is 0.238 e. The molecule has 1 saturated heterocycles. The lowest BCUT2D eigenvalue weighted by molar-refractivity contribution is -0.117. The van der Waals surface area contributed by atoms with Crippen molar-refractivity contribution in [1.82, 2.24) is 4.90 Å². The molecule has 0 aromatic heterocycles. The first-order chi connectivity index (χ1) is 13.5. The number of carbonyl (C=O) groups excluding carboxylic acids is 1. The number of amides is 1. The lowest BCUT2D eigenvalue weighted by atomic mass is 10.0. The average molecular weight is 384 g/mol. The van der Waals surface area contributed by atoms with Crippen molar-refractivity contribution in [3.63, 3.8) is 0 Å². The van der Waals surface area contributed by atoms with Crippen molar-refractivity contribution in [3.8, 4) is 17.2 Å². The molecule has 1 N–H and O–H groups in total. The van der Waals surface area contributed by atoms with E-state index < -0.39 is 0 Å². The molecule has 1 atom stereocenters. The predicted octanol–water partition coefficient (Wildman–Crippen LogP) is 3.80. The minimum atomic E-state index is -0.0525. The Morgan fingerprint density at radius 2 is 1.86 bits per heavy atom. The van der Waals surface area contributed by atoms with Gasteiger partial charge in [0.25, 0.3) is 0 Å². The Morgan fingerprint density at radius 3 is 2.57 bits per heavy atom. The van der Waals surface area contributed by atoms with Gasteiger partial charge in [0.1, 0.15) is 17.2 Å². The molecule has 0 aliphatic carbocycles. The van der Waals surface area contributed by atoms with Gasteiger partial charge < -0.3 is 19.5 Å². The summed E-state index contributed by atoms with van der Waals surface area (Å²) in [6.07, 6.45) is 2.03. The van der Waals surface area contributed by atoms with Crippen molar-refractivity contribution >= 4 is 11.6 Å². The molecule has 150 valence electrons. The molecule has 1 aliphatic rings. The molecule has 6 nitrogen and oxygen atoms in total. The van der Waals surface area contributed by atoms with Crippen LogP contribution in [0.15, 0.2) is 36.4 Å². The van der Waals surface area contributed by atoms with Crippen LogP contribution in [0.25, 0.3) is 0 Å². The summed E-state index contributed by atoms with van der Waals surface area (Å²) in [6, 6.07) is 11.8. The third kappa shape index (κ3) is 4.39. The minimum absolute atomic E-state index is 0.0525. The van der Waals surface area contributed by atoms with E-state index in [4.69, 9.17) is 14.2 Å². The van der Waals surface area contributed by atoms with E-state index in [1.165, 1.54) is 0 Å². The lowest BCUT2D eigenvalue weighted by Gasteiger charge is -2.26. The minimum Gasteiger partial charge on any atom is -0.497 e. The van der Waals surface area contributed by atoms with E-state index in [0.717, 1.165) is 42.0 Å². The van der Waals surface area contributed by atoms with Crippen LogP contribution in [-0.2, 0) is 4.79 Å². The van der Waals surface area contributed by atoms with E-state index >= 15 is 0 Å². The number of methoxy groups -OCH3 is 3. The van der Waals surface area contributed by atoms with E-state index in [-0.39, 0.29) is 11.9 Å². The summed E-state index contributed by atoms with van der Waals surface area (Å²) in [5.41, 5.74) is 2.85. The van der Waals surface area contributed by atoms with E-state index in [0.29, 0.717) is 18.0 Å². The summed E-state index contributed by atoms with van der Waals surface area (Å²) in [7, 11) is 4.90. The molecular weight excluding hydrogens is 356 g/mol. The van der Waals surface area contributed by atoms with Crippen LogP contribution in [0, 0.1) is 6.92 Å². The van der Waals surface area contributed by atoms with Crippen LogP contribution in [0.3, 0.4) is 0 Å². The van der Waals surface area contributed by atoms with Gasteiger partial charge in [0, 0.05) is 17.7 Å². The third-order valence-corrected chi connectivity index (χ3v) is 5.14. The zero-order chi connectivity index (χ0) is 20.1. The van der Waals surface area contributed by atoms with Gasteiger partial charge in [-0.1, -0.05) is 12.1 Å². The third-order valence-electron chi connectivity index (χ3n) is 5.14. The highest BCUT2D eigenvalue weighted by Gasteiger charge is 2.30. The summed E-state index contributed by atoms with van der Waals surface area (Å²) >= 11 is 0. The highest BCUT2D eigenvalue weighted by Crippen LogP contribution is 2.38. The van der Waals surface area contributed by atoms with Crippen molar-refractivity contribution in [2.45, 2.75) is 25.8 Å². The Balaban J connectivity index is 1.74. The zero-order valence-corrected chi connectivity index (χ0v) is 17.0. The molecule has 1 fully saturated rings. The molecule has 0 radical (unpaired) electrons. The molecule has 1 amide bonds. The number of hydrogen-bond donors (Lipinski definition) is 1. The number of aryl methyl sites for hydroxylation is 1. The van der Waals surface area contributed by atoms with Crippen molar-refractivity contribution in [1.29, 1.82) is 0 Å². The fraction of sp³-hybridized carbons (Fsp3) is 0.409. The monoisotopic (exact) mass is 384 g/mol. The van der Waals surface area contributed by atoms with Gasteiger partial charge in [-0.2, -0.15) is 0 Å². The van der Waals surface area contributed by atoms with Crippen molar-refractivity contribution in [2.75, 3.05) is 39.7 Å². The maximum absolute atomic E-state index is 12.7. The van der Waals surface area contributed by atoms with Gasteiger partial charge in [-0.3, -0.25) is 9.69 Å². The number of benzene rings is 2. The Kier molecular flexibility index (Phi) is 6.41. The number of likely N-dealkylation sites (tertiary alicyclic amines) is 1. The van der Waals surface area contributed by atoms with Crippen LogP contribution in [0.2, 0.25) is 0 Å². The molecule has 1 aliphatic heterocycles. The maximum atomic E-state index is 12.7. The zero-order valence-electron chi connectivity index (χ0n) is 17.0. The summed E-state index contributed by atoms with van der Waals surface area (Å²) in [5, 5.41) is 2.99.